The Morgan fingerprint density at radius 1 is 1.29 bits per heavy atom. The number of carbonyl (C=O) groups is 1. The van der Waals surface area contributed by atoms with Crippen LogP contribution in [0.3, 0.4) is 0 Å². The number of aromatic nitrogens is 1. The molecule has 1 aliphatic rings. The number of benzene rings is 1. The van der Waals surface area contributed by atoms with Gasteiger partial charge in [0, 0.05) is 54.9 Å². The largest absolute Gasteiger partial charge is 0.480 e. The van der Waals surface area contributed by atoms with Crippen LogP contribution in [0.5, 0.6) is 0 Å². The Labute approximate surface area is 142 Å². The van der Waals surface area contributed by atoms with Gasteiger partial charge in [-0.15, -0.1) is 0 Å². The molecular weight excluding hydrogens is 302 g/mol. The van der Waals surface area contributed by atoms with Crippen molar-refractivity contribution in [2.45, 2.75) is 19.9 Å². The first-order valence-electron chi connectivity index (χ1n) is 8.38. The van der Waals surface area contributed by atoms with Gasteiger partial charge in [-0.2, -0.15) is 0 Å². The van der Waals surface area contributed by atoms with Crippen LogP contribution < -0.4 is 0 Å². The molecule has 1 atom stereocenters. The van der Waals surface area contributed by atoms with Crippen molar-refractivity contribution in [2.24, 2.45) is 0 Å². The van der Waals surface area contributed by atoms with Crippen LogP contribution in [-0.2, 0) is 4.79 Å². The predicted molar refractivity (Wildman–Crippen MR) is 96.2 cm³/mol. The molecule has 0 saturated carbocycles. The number of hydrogen-bond donors (Lipinski definition) is 2. The minimum Gasteiger partial charge on any atom is -0.480 e. The Morgan fingerprint density at radius 2 is 1.96 bits per heavy atom. The van der Waals surface area contributed by atoms with Crippen molar-refractivity contribution in [3.8, 4) is 0 Å². The summed E-state index contributed by atoms with van der Waals surface area (Å²) in [5, 5.41) is 10.9. The number of fused-ring (bicyclic) bond motifs is 1. The van der Waals surface area contributed by atoms with Gasteiger partial charge in [0.2, 0.25) is 0 Å². The van der Waals surface area contributed by atoms with Crippen LogP contribution in [0.2, 0.25) is 0 Å². The first kappa shape index (κ1) is 16.7. The van der Waals surface area contributed by atoms with Crippen molar-refractivity contribution < 1.29 is 9.90 Å². The number of piperazine rings is 1. The molecule has 0 spiro atoms. The average Bonchev–Trinajstić information content (AvgIpc) is 2.85. The zero-order valence-electron chi connectivity index (χ0n) is 14.4. The molecule has 0 bridgehead atoms. The van der Waals surface area contributed by atoms with E-state index in [1.165, 1.54) is 0 Å². The Morgan fingerprint density at radius 3 is 2.58 bits per heavy atom. The maximum absolute atomic E-state index is 12.1. The monoisotopic (exact) mass is 327 g/mol. The van der Waals surface area contributed by atoms with Crippen molar-refractivity contribution in [2.75, 3.05) is 32.7 Å². The van der Waals surface area contributed by atoms with Crippen LogP contribution in [0.4, 0.5) is 0 Å². The fourth-order valence-electron chi connectivity index (χ4n) is 3.67. The quantitative estimate of drug-likeness (QED) is 0.829. The Kier molecular flexibility index (Phi) is 4.73. The highest BCUT2D eigenvalue weighted by molar-refractivity contribution is 5.90. The molecule has 128 valence electrons. The summed E-state index contributed by atoms with van der Waals surface area (Å²) >= 11 is 0. The lowest BCUT2D eigenvalue weighted by atomic mass is 10.0. The molecule has 5 heteroatoms. The summed E-state index contributed by atoms with van der Waals surface area (Å²) in [6, 6.07) is 7.32. The molecule has 0 aliphatic carbocycles. The third-order valence-electron chi connectivity index (χ3n) is 4.72. The van der Waals surface area contributed by atoms with Crippen molar-refractivity contribution in [3.05, 3.63) is 47.7 Å². The number of H-pyrrole nitrogens is 1. The molecule has 1 aromatic carbocycles. The summed E-state index contributed by atoms with van der Waals surface area (Å²) in [5.41, 5.74) is 3.97. The van der Waals surface area contributed by atoms with E-state index in [1.807, 2.05) is 38.1 Å². The van der Waals surface area contributed by atoms with E-state index < -0.39 is 12.0 Å². The zero-order chi connectivity index (χ0) is 17.3. The third kappa shape index (κ3) is 3.23. The maximum atomic E-state index is 12.1. The number of aliphatic carboxylic acids is 1. The molecule has 5 nitrogen and oxygen atoms in total. The van der Waals surface area contributed by atoms with Crippen LogP contribution in [0.25, 0.3) is 10.9 Å². The fourth-order valence-corrected chi connectivity index (χ4v) is 3.67. The topological polar surface area (TPSA) is 59.6 Å². The lowest BCUT2D eigenvalue weighted by Crippen LogP contribution is -2.49. The predicted octanol–water partition coefficient (Wildman–Crippen LogP) is 2.80. The molecule has 0 radical (unpaired) electrons. The van der Waals surface area contributed by atoms with Gasteiger partial charge in [-0.3, -0.25) is 14.6 Å². The van der Waals surface area contributed by atoms with Crippen LogP contribution in [-0.4, -0.2) is 58.6 Å². The van der Waals surface area contributed by atoms with Crippen molar-refractivity contribution in [3.63, 3.8) is 0 Å². The number of hydrogen-bond acceptors (Lipinski definition) is 3. The van der Waals surface area contributed by atoms with Gasteiger partial charge in [0.15, 0.2) is 0 Å². The number of carboxylic acid groups (broad SMARTS) is 1. The zero-order valence-corrected chi connectivity index (χ0v) is 14.4. The van der Waals surface area contributed by atoms with Gasteiger partial charge in [-0.25, -0.2) is 0 Å². The van der Waals surface area contributed by atoms with E-state index in [0.29, 0.717) is 0 Å². The summed E-state index contributed by atoms with van der Waals surface area (Å²) in [7, 11) is 0. The van der Waals surface area contributed by atoms with Gasteiger partial charge in [0.25, 0.3) is 0 Å². The highest BCUT2D eigenvalue weighted by Gasteiger charge is 2.33. The lowest BCUT2D eigenvalue weighted by molar-refractivity contribution is -0.144. The smallest absolute Gasteiger partial charge is 0.325 e. The number of aryl methyl sites for hydroxylation is 1. The van der Waals surface area contributed by atoms with Gasteiger partial charge in [0.1, 0.15) is 6.04 Å². The first-order valence-corrected chi connectivity index (χ1v) is 8.38. The highest BCUT2D eigenvalue weighted by atomic mass is 16.4. The van der Waals surface area contributed by atoms with E-state index in [4.69, 9.17) is 0 Å². The van der Waals surface area contributed by atoms with Crippen LogP contribution in [0, 0.1) is 6.92 Å². The molecule has 1 saturated heterocycles. The van der Waals surface area contributed by atoms with E-state index in [1.54, 1.807) is 0 Å². The average molecular weight is 327 g/mol. The van der Waals surface area contributed by atoms with E-state index in [9.17, 15) is 9.90 Å². The van der Waals surface area contributed by atoms with Crippen molar-refractivity contribution >= 4 is 16.9 Å². The molecule has 3 rings (SSSR count). The fraction of sp³-hybridized carbons (Fsp3) is 0.421. The summed E-state index contributed by atoms with van der Waals surface area (Å²) in [5.74, 6) is -0.781. The Bertz CT molecular complexity index is 757. The molecule has 0 amide bonds. The second-order valence-corrected chi connectivity index (χ2v) is 6.72. The third-order valence-corrected chi connectivity index (χ3v) is 4.72. The van der Waals surface area contributed by atoms with Gasteiger partial charge in [-0.1, -0.05) is 30.4 Å². The van der Waals surface area contributed by atoms with Gasteiger partial charge in [-0.05, 0) is 19.9 Å². The summed E-state index contributed by atoms with van der Waals surface area (Å²) in [6.45, 7) is 12.1. The molecule has 1 fully saturated rings. The standard InChI is InChI=1S/C19H25N3O2/c1-13(2)12-21-8-10-22(11-9-21)18(19(23)24)17-14(3)20-16-7-5-4-6-15(16)17/h4-7,18,20H,1,8-12H2,2-3H3,(H,23,24)/t18-/m0/s1. The first-order chi connectivity index (χ1) is 11.5. The molecule has 0 unspecified atom stereocenters. The Hall–Kier alpha value is -2.11. The van der Waals surface area contributed by atoms with E-state index in [-0.39, 0.29) is 0 Å². The SMILES string of the molecule is C=C(C)CN1CCN([C@H](C(=O)O)c2c(C)[nH]c3ccccc23)CC1. The van der Waals surface area contributed by atoms with Gasteiger partial charge < -0.3 is 10.1 Å². The van der Waals surface area contributed by atoms with E-state index in [2.05, 4.69) is 21.4 Å². The minimum absolute atomic E-state index is 0.604. The van der Waals surface area contributed by atoms with E-state index >= 15 is 0 Å². The molecular formula is C19H25N3O2. The number of rotatable bonds is 5. The maximum Gasteiger partial charge on any atom is 0.325 e. The van der Waals surface area contributed by atoms with Crippen LogP contribution in [0.1, 0.15) is 24.2 Å². The van der Waals surface area contributed by atoms with Crippen molar-refractivity contribution in [1.82, 2.24) is 14.8 Å². The normalized spacial score (nSPS) is 17.9. The Balaban J connectivity index is 1.87. The number of nitrogens with one attached hydrogen (secondary N) is 1. The number of carboxylic acids is 1. The number of aromatic amines is 1. The minimum atomic E-state index is -0.781. The molecule has 2 aromatic rings. The van der Waals surface area contributed by atoms with Crippen LogP contribution >= 0.6 is 0 Å². The molecule has 1 aliphatic heterocycles. The molecule has 24 heavy (non-hydrogen) atoms. The summed E-state index contributed by atoms with van der Waals surface area (Å²) in [4.78, 5) is 19.8. The molecule has 2 N–H and O–H groups in total. The molecule has 2 heterocycles. The van der Waals surface area contributed by atoms with Crippen LogP contribution in [0.15, 0.2) is 36.4 Å². The highest BCUT2D eigenvalue weighted by Crippen LogP contribution is 2.32. The van der Waals surface area contributed by atoms with Gasteiger partial charge in [0.05, 0.1) is 0 Å². The van der Waals surface area contributed by atoms with E-state index in [0.717, 1.165) is 60.5 Å². The van der Waals surface area contributed by atoms with Gasteiger partial charge >= 0.3 is 5.97 Å². The van der Waals surface area contributed by atoms with Crippen molar-refractivity contribution in [1.29, 1.82) is 0 Å². The number of nitrogens with zero attached hydrogens (tertiary/aromatic N) is 2. The second kappa shape index (κ2) is 6.79. The summed E-state index contributed by atoms with van der Waals surface area (Å²) < 4.78 is 0. The summed E-state index contributed by atoms with van der Waals surface area (Å²) in [6.07, 6.45) is 0. The number of para-hydroxylation sites is 1. The molecule has 1 aromatic heterocycles. The lowest BCUT2D eigenvalue weighted by Gasteiger charge is -2.38. The second-order valence-electron chi connectivity index (χ2n) is 6.72.